The predicted molar refractivity (Wildman–Crippen MR) is 144 cm³/mol. The number of carbonyl (C=O) groups is 3. The van der Waals surface area contributed by atoms with Gasteiger partial charge < -0.3 is 30.3 Å². The summed E-state index contributed by atoms with van der Waals surface area (Å²) in [5, 5.41) is 24.5. The van der Waals surface area contributed by atoms with E-state index in [9.17, 15) is 42.2 Å². The fourth-order valence-electron chi connectivity index (χ4n) is 7.50. The number of carboxylic acid groups (broad SMARTS) is 1. The van der Waals surface area contributed by atoms with E-state index in [1.165, 1.54) is 13.2 Å². The second-order valence-electron chi connectivity index (χ2n) is 12.8. The Hall–Kier alpha value is -3.09. The number of aliphatic hydroxyl groups excluding tert-OH is 1. The zero-order valence-electron chi connectivity index (χ0n) is 24.0. The number of nitrogens with one attached hydrogen (secondary N) is 2. The summed E-state index contributed by atoms with van der Waals surface area (Å²) in [5.41, 5.74) is -3.20. The van der Waals surface area contributed by atoms with Crippen LogP contribution in [0.25, 0.3) is 0 Å². The lowest BCUT2D eigenvalue weighted by molar-refractivity contribution is -0.248. The van der Waals surface area contributed by atoms with Crippen LogP contribution in [0.2, 0.25) is 0 Å². The summed E-state index contributed by atoms with van der Waals surface area (Å²) in [7, 11) is 1.28. The fourth-order valence-corrected chi connectivity index (χ4v) is 7.50. The van der Waals surface area contributed by atoms with Crippen LogP contribution in [0, 0.1) is 34.4 Å². The quantitative estimate of drug-likeness (QED) is 0.290. The Morgan fingerprint density at radius 3 is 2.26 bits per heavy atom. The molecule has 4 saturated carbocycles. The van der Waals surface area contributed by atoms with Crippen LogP contribution in [0.4, 0.5) is 17.6 Å². The van der Waals surface area contributed by atoms with E-state index in [0.717, 1.165) is 18.9 Å². The lowest BCUT2D eigenvalue weighted by Crippen LogP contribution is -2.55. The van der Waals surface area contributed by atoms with Crippen LogP contribution < -0.4 is 20.1 Å². The van der Waals surface area contributed by atoms with Gasteiger partial charge in [0.2, 0.25) is 5.91 Å². The summed E-state index contributed by atoms with van der Waals surface area (Å²) in [6, 6.07) is 1.62. The maximum absolute atomic E-state index is 15.0. The zero-order chi connectivity index (χ0) is 31.2. The van der Waals surface area contributed by atoms with Gasteiger partial charge in [0.05, 0.1) is 42.1 Å². The van der Waals surface area contributed by atoms with E-state index in [1.54, 1.807) is 0 Å². The van der Waals surface area contributed by atoms with Gasteiger partial charge in [0.25, 0.3) is 5.91 Å². The molecule has 0 aromatic heterocycles. The molecule has 238 valence electrons. The van der Waals surface area contributed by atoms with Crippen LogP contribution in [-0.2, 0) is 9.59 Å². The van der Waals surface area contributed by atoms with Crippen molar-refractivity contribution in [2.24, 2.45) is 28.6 Å². The first kappa shape index (κ1) is 31.3. The third kappa shape index (κ3) is 5.76. The Kier molecular flexibility index (Phi) is 8.58. The Labute approximate surface area is 246 Å². The molecule has 43 heavy (non-hydrogen) atoms. The van der Waals surface area contributed by atoms with Crippen LogP contribution in [0.15, 0.2) is 12.1 Å². The highest BCUT2D eigenvalue weighted by Gasteiger charge is 2.59. The zero-order valence-corrected chi connectivity index (χ0v) is 24.0. The number of methoxy groups -OCH3 is 1. The monoisotopic (exact) mass is 614 g/mol. The van der Waals surface area contributed by atoms with E-state index in [2.05, 4.69) is 10.6 Å². The first-order valence-corrected chi connectivity index (χ1v) is 14.9. The highest BCUT2D eigenvalue weighted by molar-refractivity contribution is 5.98. The molecule has 4 fully saturated rings. The molecule has 2 amide bonds. The van der Waals surface area contributed by atoms with E-state index in [1.807, 2.05) is 0 Å². The summed E-state index contributed by atoms with van der Waals surface area (Å²) < 4.78 is 67.0. The molecule has 1 aromatic carbocycles. The van der Waals surface area contributed by atoms with Crippen LogP contribution in [-0.4, -0.2) is 66.6 Å². The summed E-state index contributed by atoms with van der Waals surface area (Å²) >= 11 is 0. The number of carboxylic acids is 1. The molecule has 0 radical (unpaired) electrons. The van der Waals surface area contributed by atoms with Crippen LogP contribution in [0.5, 0.6) is 11.5 Å². The number of carbonyl (C=O) groups excluding carboxylic acids is 2. The molecule has 0 heterocycles. The number of ether oxygens (including phenoxy) is 2. The van der Waals surface area contributed by atoms with Crippen LogP contribution in [0.3, 0.4) is 0 Å². The van der Waals surface area contributed by atoms with Crippen molar-refractivity contribution in [2.45, 2.75) is 82.5 Å². The van der Waals surface area contributed by atoms with Gasteiger partial charge in [-0.1, -0.05) is 6.42 Å². The minimum atomic E-state index is -4.41. The van der Waals surface area contributed by atoms with Gasteiger partial charge in [0.1, 0.15) is 5.75 Å². The number of aliphatic hydroxyl groups is 1. The highest BCUT2D eigenvalue weighted by Crippen LogP contribution is 2.53. The maximum atomic E-state index is 15.0. The molecule has 5 rings (SSSR count). The van der Waals surface area contributed by atoms with Gasteiger partial charge in [-0.25, -0.2) is 4.39 Å². The number of hydrogen-bond acceptors (Lipinski definition) is 6. The topological polar surface area (TPSA) is 134 Å². The van der Waals surface area contributed by atoms with Gasteiger partial charge in [-0.15, -0.1) is 0 Å². The average molecular weight is 615 g/mol. The van der Waals surface area contributed by atoms with Gasteiger partial charge in [0, 0.05) is 18.7 Å². The standard InChI is InChI=1S/C30H38F4N2O7/c1-42-21-13-20(31)22(43-18-5-9-28(15-37,10-6-18)27(40)41)12-19(21)25(38)36-24-17-4-3-16(11-17)23(24)26(39)35-14-29(7-2-8-29)30(32,33)34/h12-13,16-18,23-24,37H,2-11,14-15H2,1H3,(H,35,39)(H,36,38)(H,40,41)/t16-,17+,18?,23+,24-,28?/m1/s1. The van der Waals surface area contributed by atoms with E-state index in [0.29, 0.717) is 12.8 Å². The van der Waals surface area contributed by atoms with Crippen LogP contribution in [0.1, 0.15) is 74.6 Å². The first-order valence-electron chi connectivity index (χ1n) is 14.9. The molecule has 4 atom stereocenters. The number of alkyl halides is 3. The molecule has 4 N–H and O–H groups in total. The number of benzene rings is 1. The van der Waals surface area contributed by atoms with Gasteiger partial charge in [-0.05, 0) is 75.7 Å². The van der Waals surface area contributed by atoms with Gasteiger partial charge in [0.15, 0.2) is 11.6 Å². The van der Waals surface area contributed by atoms with Crippen molar-refractivity contribution in [3.63, 3.8) is 0 Å². The maximum Gasteiger partial charge on any atom is 0.396 e. The van der Waals surface area contributed by atoms with E-state index >= 15 is 0 Å². The van der Waals surface area contributed by atoms with Crippen molar-refractivity contribution in [3.05, 3.63) is 23.5 Å². The second-order valence-corrected chi connectivity index (χ2v) is 12.8. The normalized spacial score (nSPS) is 31.2. The Morgan fingerprint density at radius 2 is 1.70 bits per heavy atom. The SMILES string of the molecule is COc1cc(F)c(OC2CCC(CO)(C(=O)O)CC2)cc1C(=O)N[C@@H]1[C@H]2CC[C@H](C2)[C@@H]1C(=O)NCC1(C(F)(F)F)CCC1. The molecule has 0 aliphatic heterocycles. The van der Waals surface area contributed by atoms with Gasteiger partial charge in [-0.3, -0.25) is 14.4 Å². The minimum absolute atomic E-state index is 0.0181. The molecular weight excluding hydrogens is 576 g/mol. The van der Waals surface area contributed by atoms with Crippen molar-refractivity contribution in [1.29, 1.82) is 0 Å². The molecule has 13 heteroatoms. The smallest absolute Gasteiger partial charge is 0.396 e. The van der Waals surface area contributed by atoms with Crippen molar-refractivity contribution >= 4 is 17.8 Å². The molecule has 0 spiro atoms. The third-order valence-electron chi connectivity index (χ3n) is 10.5. The average Bonchev–Trinajstić information content (AvgIpc) is 3.55. The largest absolute Gasteiger partial charge is 0.496 e. The minimum Gasteiger partial charge on any atom is -0.496 e. The Balaban J connectivity index is 1.28. The first-order chi connectivity index (χ1) is 20.3. The molecule has 0 unspecified atom stereocenters. The lowest BCUT2D eigenvalue weighted by atomic mass is 9.68. The Morgan fingerprint density at radius 1 is 1.02 bits per heavy atom. The van der Waals surface area contributed by atoms with Crippen molar-refractivity contribution in [3.8, 4) is 11.5 Å². The number of amides is 2. The number of rotatable bonds is 10. The highest BCUT2D eigenvalue weighted by atomic mass is 19.4. The molecule has 1 aromatic rings. The van der Waals surface area contributed by atoms with Crippen LogP contribution >= 0.6 is 0 Å². The van der Waals surface area contributed by atoms with Crippen molar-refractivity contribution < 1.29 is 51.6 Å². The van der Waals surface area contributed by atoms with E-state index in [-0.39, 0.29) is 67.4 Å². The van der Waals surface area contributed by atoms with Gasteiger partial charge >= 0.3 is 12.1 Å². The van der Waals surface area contributed by atoms with Gasteiger partial charge in [-0.2, -0.15) is 13.2 Å². The van der Waals surface area contributed by atoms with Crippen molar-refractivity contribution in [2.75, 3.05) is 20.3 Å². The molecule has 4 aliphatic carbocycles. The number of fused-ring (bicyclic) bond motifs is 2. The Bertz CT molecular complexity index is 1240. The van der Waals surface area contributed by atoms with E-state index in [4.69, 9.17) is 9.47 Å². The fraction of sp³-hybridized carbons (Fsp3) is 0.700. The molecule has 0 saturated heterocycles. The molecule has 9 nitrogen and oxygen atoms in total. The lowest BCUT2D eigenvalue weighted by Gasteiger charge is -2.43. The van der Waals surface area contributed by atoms with Crippen molar-refractivity contribution in [1.82, 2.24) is 10.6 Å². The second kappa shape index (κ2) is 11.8. The summed E-state index contributed by atoms with van der Waals surface area (Å²) in [6.45, 7) is -0.995. The van der Waals surface area contributed by atoms with E-state index < -0.39 is 71.8 Å². The number of hydrogen-bond donors (Lipinski definition) is 4. The molecule has 2 bridgehead atoms. The molecule has 4 aliphatic rings. The molecular formula is C30H38F4N2O7. The summed E-state index contributed by atoms with van der Waals surface area (Å²) in [4.78, 5) is 38.4. The summed E-state index contributed by atoms with van der Waals surface area (Å²) in [5.74, 6) is -4.04. The third-order valence-corrected chi connectivity index (χ3v) is 10.5. The summed E-state index contributed by atoms with van der Waals surface area (Å²) in [6.07, 6.45) is -1.52. The number of aliphatic carboxylic acids is 1. The predicted octanol–water partition coefficient (Wildman–Crippen LogP) is 4.21. The number of halogens is 4.